The average molecular weight is 896 g/mol. The smallest absolute Gasteiger partial charge is 0.306 e. The maximum atomic E-state index is 12.7. The highest BCUT2D eigenvalue weighted by atomic mass is 16.6. The summed E-state index contributed by atoms with van der Waals surface area (Å²) in [4.78, 5) is 37.0. The van der Waals surface area contributed by atoms with Crippen molar-refractivity contribution in [1.82, 2.24) is 0 Å². The van der Waals surface area contributed by atoms with Crippen molar-refractivity contribution in [1.29, 1.82) is 0 Å². The fourth-order valence-electron chi connectivity index (χ4n) is 7.27. The molecule has 0 radical (unpaired) electrons. The number of carboxylic acid groups (broad SMARTS) is 1. The predicted octanol–water partition coefficient (Wildman–Crippen LogP) is 13.8. The van der Waals surface area contributed by atoms with Gasteiger partial charge in [0.05, 0.1) is 40.3 Å². The molecule has 8 heteroatoms. The van der Waals surface area contributed by atoms with Crippen molar-refractivity contribution in [2.45, 2.75) is 225 Å². The lowest BCUT2D eigenvalue weighted by Gasteiger charge is -2.34. The highest BCUT2D eigenvalue weighted by molar-refractivity contribution is 5.70. The number of hydrogen-bond acceptors (Lipinski definition) is 7. The molecule has 368 valence electrons. The van der Waals surface area contributed by atoms with Crippen LogP contribution in [0.1, 0.15) is 213 Å². The van der Waals surface area contributed by atoms with Crippen molar-refractivity contribution in [3.8, 4) is 0 Å². The Balaban J connectivity index is 4.32. The maximum Gasteiger partial charge on any atom is 0.306 e. The van der Waals surface area contributed by atoms with Crippen molar-refractivity contribution < 1.29 is 38.2 Å². The van der Waals surface area contributed by atoms with E-state index in [1.165, 1.54) is 116 Å². The SMILES string of the molecule is CCCCC/C=C/C/C=C/C/C=C/C/C=C/CCCC(=O)OC(COCCC(C(=O)[O-])[N+](C)(C)C)COC(=O)CCCCCCCCC/C=C/C/C=C/CCCCCCCCCCC. The number of carbonyl (C=O) groups excluding carboxylic acids is 3. The van der Waals surface area contributed by atoms with Crippen LogP contribution >= 0.6 is 0 Å². The molecule has 0 bridgehead atoms. The van der Waals surface area contributed by atoms with Crippen LogP contribution in [-0.2, 0) is 28.6 Å². The topological polar surface area (TPSA) is 102 Å². The zero-order valence-electron chi connectivity index (χ0n) is 41.9. The number of nitrogens with zero attached hydrogens (tertiary/aromatic N) is 1. The van der Waals surface area contributed by atoms with Crippen LogP contribution in [0.5, 0.6) is 0 Å². The molecule has 0 aromatic heterocycles. The van der Waals surface area contributed by atoms with Gasteiger partial charge in [-0.2, -0.15) is 0 Å². The molecule has 0 saturated carbocycles. The molecule has 0 aliphatic rings. The molecule has 0 saturated heterocycles. The van der Waals surface area contributed by atoms with Crippen molar-refractivity contribution in [2.75, 3.05) is 41.0 Å². The van der Waals surface area contributed by atoms with Gasteiger partial charge >= 0.3 is 11.9 Å². The Labute approximate surface area is 393 Å². The molecule has 0 N–H and O–H groups in total. The van der Waals surface area contributed by atoms with Gasteiger partial charge in [-0.25, -0.2) is 0 Å². The largest absolute Gasteiger partial charge is 0.544 e. The first kappa shape index (κ1) is 60.8. The second-order valence-electron chi connectivity index (χ2n) is 18.4. The van der Waals surface area contributed by atoms with E-state index >= 15 is 0 Å². The number of carboxylic acids is 1. The van der Waals surface area contributed by atoms with E-state index in [4.69, 9.17) is 14.2 Å². The third kappa shape index (κ3) is 44.0. The Kier molecular flexibility index (Phi) is 44.0. The van der Waals surface area contributed by atoms with Gasteiger partial charge in [0.1, 0.15) is 12.6 Å². The molecule has 0 rings (SSSR count). The van der Waals surface area contributed by atoms with Gasteiger partial charge in [0.2, 0.25) is 0 Å². The van der Waals surface area contributed by atoms with Crippen LogP contribution in [0.15, 0.2) is 72.9 Å². The lowest BCUT2D eigenvalue weighted by atomic mass is 10.1. The Morgan fingerprint density at radius 3 is 1.30 bits per heavy atom. The van der Waals surface area contributed by atoms with Gasteiger partial charge < -0.3 is 28.6 Å². The normalized spacial score (nSPS) is 13.5. The molecule has 0 amide bonds. The summed E-state index contributed by atoms with van der Waals surface area (Å²) in [5.74, 6) is -1.82. The molecule has 64 heavy (non-hydrogen) atoms. The number of esters is 2. The number of rotatable bonds is 46. The molecule has 0 aromatic rings. The lowest BCUT2D eigenvalue weighted by molar-refractivity contribution is -0.889. The van der Waals surface area contributed by atoms with Crippen molar-refractivity contribution in [3.63, 3.8) is 0 Å². The van der Waals surface area contributed by atoms with Gasteiger partial charge in [0, 0.05) is 19.3 Å². The summed E-state index contributed by atoms with van der Waals surface area (Å²) in [6.07, 6.45) is 59.4. The zero-order valence-corrected chi connectivity index (χ0v) is 41.9. The van der Waals surface area contributed by atoms with Gasteiger partial charge in [-0.05, 0) is 83.5 Å². The maximum absolute atomic E-state index is 12.7. The van der Waals surface area contributed by atoms with E-state index in [-0.39, 0.29) is 49.1 Å². The monoisotopic (exact) mass is 896 g/mol. The van der Waals surface area contributed by atoms with E-state index in [1.54, 1.807) is 21.1 Å². The minimum Gasteiger partial charge on any atom is -0.544 e. The zero-order chi connectivity index (χ0) is 47.0. The molecular weight excluding hydrogens is 799 g/mol. The molecule has 0 heterocycles. The number of likely N-dealkylation sites (N-methyl/N-ethyl adjacent to an activating group) is 1. The van der Waals surface area contributed by atoms with E-state index in [0.717, 1.165) is 57.8 Å². The van der Waals surface area contributed by atoms with Crippen LogP contribution in [0.3, 0.4) is 0 Å². The summed E-state index contributed by atoms with van der Waals surface area (Å²) in [6, 6.07) is -0.740. The Hall–Kier alpha value is -3.23. The Morgan fingerprint density at radius 1 is 0.469 bits per heavy atom. The standard InChI is InChI=1S/C56H97NO7/c1-6-8-10-12-14-16-18-20-22-24-25-26-27-28-29-31-32-34-36-38-40-42-44-46-54(58)63-51-52(50-62-49-48-53(56(60)61)57(3,4)5)64-55(59)47-45-43-41-39-37-35-33-30-23-21-19-17-15-13-11-9-7-2/h15,17,21,23,25-26,28-29,33,35,39,41,52-53H,6-14,16,18-20,22,24,27,30-32,34,36-38,40,42-51H2,1-5H3/b17-15+,23-21+,26-25+,29-28+,35-33+,41-39+. The Morgan fingerprint density at radius 2 is 0.844 bits per heavy atom. The molecule has 2 unspecified atom stereocenters. The summed E-state index contributed by atoms with van der Waals surface area (Å²) in [5.41, 5.74) is 0. The second kappa shape index (κ2) is 46.3. The molecule has 0 aliphatic carbocycles. The van der Waals surface area contributed by atoms with E-state index in [9.17, 15) is 19.5 Å². The Bertz CT molecular complexity index is 1270. The van der Waals surface area contributed by atoms with Crippen LogP contribution < -0.4 is 5.11 Å². The van der Waals surface area contributed by atoms with Crippen LogP contribution in [0.25, 0.3) is 0 Å². The predicted molar refractivity (Wildman–Crippen MR) is 268 cm³/mol. The molecule has 8 nitrogen and oxygen atoms in total. The van der Waals surface area contributed by atoms with Gasteiger partial charge in [0.25, 0.3) is 0 Å². The van der Waals surface area contributed by atoms with E-state index in [0.29, 0.717) is 12.8 Å². The molecule has 0 aromatic carbocycles. The highest BCUT2D eigenvalue weighted by Crippen LogP contribution is 2.14. The second-order valence-corrected chi connectivity index (χ2v) is 18.4. The quantitative estimate of drug-likeness (QED) is 0.0259. The number of quaternary nitrogens is 1. The van der Waals surface area contributed by atoms with Crippen molar-refractivity contribution in [2.24, 2.45) is 0 Å². The number of carbonyl (C=O) groups is 3. The number of ether oxygens (including phenoxy) is 3. The van der Waals surface area contributed by atoms with Crippen molar-refractivity contribution in [3.05, 3.63) is 72.9 Å². The van der Waals surface area contributed by atoms with Gasteiger partial charge in [-0.1, -0.05) is 183 Å². The third-order valence-electron chi connectivity index (χ3n) is 11.3. The first-order valence-corrected chi connectivity index (χ1v) is 26.0. The van der Waals surface area contributed by atoms with Crippen LogP contribution in [0.4, 0.5) is 0 Å². The first-order valence-electron chi connectivity index (χ1n) is 26.0. The minimum atomic E-state index is -1.14. The summed E-state index contributed by atoms with van der Waals surface area (Å²) in [7, 11) is 5.39. The third-order valence-corrected chi connectivity index (χ3v) is 11.3. The van der Waals surface area contributed by atoms with Gasteiger partial charge in [-0.3, -0.25) is 9.59 Å². The average Bonchev–Trinajstić information content (AvgIpc) is 3.26. The number of allylic oxidation sites excluding steroid dienone is 12. The summed E-state index contributed by atoms with van der Waals surface area (Å²) < 4.78 is 17.2. The molecule has 0 spiro atoms. The molecule has 2 atom stereocenters. The van der Waals surface area contributed by atoms with Gasteiger partial charge in [-0.15, -0.1) is 0 Å². The molecule has 0 aliphatic heterocycles. The minimum absolute atomic E-state index is 0.0133. The van der Waals surface area contributed by atoms with E-state index in [2.05, 4.69) is 86.8 Å². The molecule has 0 fully saturated rings. The lowest BCUT2D eigenvalue weighted by Crippen LogP contribution is -2.55. The van der Waals surface area contributed by atoms with Crippen molar-refractivity contribution >= 4 is 17.9 Å². The van der Waals surface area contributed by atoms with Gasteiger partial charge in [0.15, 0.2) is 6.10 Å². The summed E-state index contributed by atoms with van der Waals surface area (Å²) >= 11 is 0. The van der Waals surface area contributed by atoms with E-state index in [1.807, 2.05) is 0 Å². The van der Waals surface area contributed by atoms with Crippen LogP contribution in [0, 0.1) is 0 Å². The summed E-state index contributed by atoms with van der Waals surface area (Å²) in [6.45, 7) is 4.57. The highest BCUT2D eigenvalue weighted by Gasteiger charge is 2.25. The number of aliphatic carboxylic acids is 1. The fourth-order valence-corrected chi connectivity index (χ4v) is 7.27. The first-order chi connectivity index (χ1) is 31.1. The number of unbranched alkanes of at least 4 members (excludes halogenated alkanes) is 20. The molecular formula is C56H97NO7. The summed E-state index contributed by atoms with van der Waals surface area (Å²) in [5, 5.41) is 11.7. The van der Waals surface area contributed by atoms with Crippen LogP contribution in [-0.4, -0.2) is 75.5 Å². The van der Waals surface area contributed by atoms with E-state index < -0.39 is 18.1 Å². The van der Waals surface area contributed by atoms with Crippen LogP contribution in [0.2, 0.25) is 0 Å². The number of hydrogen-bond donors (Lipinski definition) is 0. The fraction of sp³-hybridized carbons (Fsp3) is 0.732.